The van der Waals surface area contributed by atoms with Crippen molar-refractivity contribution in [3.05, 3.63) is 48.6 Å². The number of hydrogen-bond donors (Lipinski definition) is 0. The highest BCUT2D eigenvalue weighted by Crippen LogP contribution is 2.44. The predicted octanol–water partition coefficient (Wildman–Crippen LogP) is 5.85. The van der Waals surface area contributed by atoms with E-state index in [0.717, 1.165) is 12.0 Å². The van der Waals surface area contributed by atoms with E-state index in [1.54, 1.807) is 0 Å². The molecule has 0 N–H and O–H groups in total. The van der Waals surface area contributed by atoms with Crippen molar-refractivity contribution in [3.63, 3.8) is 0 Å². The summed E-state index contributed by atoms with van der Waals surface area (Å²) in [5.74, 6) is -0.624. The first-order valence-electron chi connectivity index (χ1n) is 9.16. The maximum atomic E-state index is 6.73. The Balaban J connectivity index is 2.32. The molecule has 0 saturated carbocycles. The lowest BCUT2D eigenvalue weighted by atomic mass is 9.99. The molecule has 2 rings (SSSR count). The van der Waals surface area contributed by atoms with Crippen molar-refractivity contribution in [2.75, 3.05) is 0 Å². The topological polar surface area (TPSA) is 27.7 Å². The van der Waals surface area contributed by atoms with E-state index >= 15 is 0 Å². The zero-order valence-electron chi connectivity index (χ0n) is 16.8. The molecule has 0 aliphatic carbocycles. The zero-order valence-corrected chi connectivity index (χ0v) is 17.8. The molecular weight excluding hydrogens is 328 g/mol. The van der Waals surface area contributed by atoms with E-state index in [4.69, 9.17) is 13.9 Å². The van der Waals surface area contributed by atoms with E-state index in [-0.39, 0.29) is 23.4 Å². The molecule has 1 heterocycles. The smallest absolute Gasteiger partial charge is 0.192 e. The monoisotopic (exact) mass is 362 g/mol. The van der Waals surface area contributed by atoms with Crippen molar-refractivity contribution in [2.45, 2.75) is 83.3 Å². The van der Waals surface area contributed by atoms with Crippen LogP contribution in [0.25, 0.3) is 0 Å². The van der Waals surface area contributed by atoms with Crippen LogP contribution in [0.3, 0.4) is 0 Å². The lowest BCUT2D eigenvalue weighted by Gasteiger charge is -2.41. The summed E-state index contributed by atoms with van der Waals surface area (Å²) in [6.07, 6.45) is 2.33. The lowest BCUT2D eigenvalue weighted by molar-refractivity contribution is -0.154. The molecule has 1 aliphatic heterocycles. The van der Waals surface area contributed by atoms with Crippen LogP contribution in [-0.4, -0.2) is 26.3 Å². The predicted molar refractivity (Wildman–Crippen MR) is 106 cm³/mol. The van der Waals surface area contributed by atoms with E-state index in [1.807, 2.05) is 38.1 Å². The molecule has 0 unspecified atom stereocenters. The first-order chi connectivity index (χ1) is 11.5. The van der Waals surface area contributed by atoms with Gasteiger partial charge in [0.05, 0.1) is 6.10 Å². The fourth-order valence-electron chi connectivity index (χ4n) is 2.93. The van der Waals surface area contributed by atoms with Crippen molar-refractivity contribution >= 4 is 8.32 Å². The van der Waals surface area contributed by atoms with Gasteiger partial charge >= 0.3 is 0 Å². The van der Waals surface area contributed by atoms with Crippen LogP contribution in [0.4, 0.5) is 0 Å². The first kappa shape index (κ1) is 20.4. The fraction of sp³-hybridized carbons (Fsp3) is 0.619. The van der Waals surface area contributed by atoms with Gasteiger partial charge in [0.15, 0.2) is 14.1 Å². The third kappa shape index (κ3) is 4.82. The molecule has 1 fully saturated rings. The van der Waals surface area contributed by atoms with Crippen LogP contribution in [-0.2, 0) is 13.9 Å². The molecule has 1 aromatic rings. The highest BCUT2D eigenvalue weighted by molar-refractivity contribution is 6.74. The minimum absolute atomic E-state index is 0.0645. The first-order valence-corrected chi connectivity index (χ1v) is 12.1. The number of hydrogen-bond acceptors (Lipinski definition) is 3. The van der Waals surface area contributed by atoms with Crippen LogP contribution < -0.4 is 0 Å². The molecule has 1 aliphatic rings. The molecule has 0 bridgehead atoms. The average molecular weight is 363 g/mol. The van der Waals surface area contributed by atoms with Gasteiger partial charge in [0.2, 0.25) is 0 Å². The Bertz CT molecular complexity index is 575. The maximum absolute atomic E-state index is 6.73. The standard InChI is InChI=1S/C21H34O3Si/c1-9-13-17(24-25(7,8)20(2,3)4)19-18(22-21(5,6)23-19)16-14-11-10-12-15-16/h9-12,14-15,17-19H,1,13H2,2-8H3/t17-,18-,19-/m1/s1. The van der Waals surface area contributed by atoms with Crippen LogP contribution in [0.15, 0.2) is 43.0 Å². The highest BCUT2D eigenvalue weighted by atomic mass is 28.4. The molecule has 1 aromatic carbocycles. The van der Waals surface area contributed by atoms with Gasteiger partial charge in [-0.2, -0.15) is 0 Å². The van der Waals surface area contributed by atoms with E-state index in [2.05, 4.69) is 52.6 Å². The molecule has 0 aromatic heterocycles. The average Bonchev–Trinajstić information content (AvgIpc) is 2.82. The quantitative estimate of drug-likeness (QED) is 0.469. The van der Waals surface area contributed by atoms with Crippen molar-refractivity contribution in [1.82, 2.24) is 0 Å². The van der Waals surface area contributed by atoms with Gasteiger partial charge in [0, 0.05) is 0 Å². The summed E-state index contributed by atoms with van der Waals surface area (Å²) < 4.78 is 19.3. The van der Waals surface area contributed by atoms with Gasteiger partial charge < -0.3 is 13.9 Å². The summed E-state index contributed by atoms with van der Waals surface area (Å²) in [5, 5.41) is 0.143. The zero-order chi connectivity index (χ0) is 18.9. The van der Waals surface area contributed by atoms with Crippen LogP contribution in [0.2, 0.25) is 18.1 Å². The maximum Gasteiger partial charge on any atom is 0.192 e. The summed E-state index contributed by atoms with van der Waals surface area (Å²) in [4.78, 5) is 0. The van der Waals surface area contributed by atoms with Crippen LogP contribution >= 0.6 is 0 Å². The molecule has 1 saturated heterocycles. The Morgan fingerprint density at radius 1 is 1.20 bits per heavy atom. The second-order valence-electron chi connectivity index (χ2n) is 8.87. The summed E-state index contributed by atoms with van der Waals surface area (Å²) in [7, 11) is -1.93. The second-order valence-corrected chi connectivity index (χ2v) is 13.6. The third-order valence-electron chi connectivity index (χ3n) is 5.27. The SMILES string of the molecule is C=CC[C@@H](O[Si](C)(C)C(C)(C)C)[C@H]1OC(C)(C)O[C@@H]1c1ccccc1. The van der Waals surface area contributed by atoms with Crippen LogP contribution in [0, 0.1) is 0 Å². The summed E-state index contributed by atoms with van der Waals surface area (Å²) >= 11 is 0. The van der Waals surface area contributed by atoms with Gasteiger partial charge in [-0.1, -0.05) is 57.2 Å². The fourth-order valence-corrected chi connectivity index (χ4v) is 4.27. The van der Waals surface area contributed by atoms with E-state index in [0.29, 0.717) is 0 Å². The molecule has 0 spiro atoms. The number of benzene rings is 1. The molecule has 140 valence electrons. The van der Waals surface area contributed by atoms with Crippen molar-refractivity contribution < 1.29 is 13.9 Å². The molecule has 4 heteroatoms. The van der Waals surface area contributed by atoms with Gasteiger partial charge in [-0.15, -0.1) is 6.58 Å². The second kappa shape index (κ2) is 7.35. The van der Waals surface area contributed by atoms with E-state index in [9.17, 15) is 0 Å². The van der Waals surface area contributed by atoms with E-state index < -0.39 is 14.1 Å². The highest BCUT2D eigenvalue weighted by Gasteiger charge is 2.48. The lowest BCUT2D eigenvalue weighted by Crippen LogP contribution is -2.48. The summed E-state index contributed by atoms with van der Waals surface area (Å²) in [6.45, 7) is 19.2. The Morgan fingerprint density at radius 2 is 1.80 bits per heavy atom. The Labute approximate surface area is 154 Å². The molecular formula is C21H34O3Si. The molecule has 0 radical (unpaired) electrons. The Hall–Kier alpha value is -0.943. The molecule has 25 heavy (non-hydrogen) atoms. The summed E-state index contributed by atoms with van der Waals surface area (Å²) in [6, 6.07) is 10.3. The minimum atomic E-state index is -1.93. The van der Waals surface area contributed by atoms with Gasteiger partial charge in [0.1, 0.15) is 12.2 Å². The Kier molecular flexibility index (Phi) is 5.99. The largest absolute Gasteiger partial charge is 0.411 e. The molecule has 3 atom stereocenters. The minimum Gasteiger partial charge on any atom is -0.411 e. The van der Waals surface area contributed by atoms with Crippen LogP contribution in [0.5, 0.6) is 0 Å². The van der Waals surface area contributed by atoms with Crippen molar-refractivity contribution in [2.24, 2.45) is 0 Å². The Morgan fingerprint density at radius 3 is 2.32 bits per heavy atom. The number of ether oxygens (including phenoxy) is 2. The van der Waals surface area contributed by atoms with E-state index in [1.165, 1.54) is 0 Å². The van der Waals surface area contributed by atoms with Gasteiger partial charge in [-0.05, 0) is 44.0 Å². The van der Waals surface area contributed by atoms with Gasteiger partial charge in [-0.25, -0.2) is 0 Å². The number of rotatable bonds is 6. The molecule has 0 amide bonds. The van der Waals surface area contributed by atoms with Crippen molar-refractivity contribution in [1.29, 1.82) is 0 Å². The normalized spacial score (nSPS) is 24.9. The molecule has 3 nitrogen and oxygen atoms in total. The third-order valence-corrected chi connectivity index (χ3v) is 9.78. The van der Waals surface area contributed by atoms with Crippen LogP contribution in [0.1, 0.15) is 52.7 Å². The van der Waals surface area contributed by atoms with Crippen molar-refractivity contribution in [3.8, 4) is 0 Å². The summed E-state index contributed by atoms with van der Waals surface area (Å²) in [5.41, 5.74) is 1.13. The van der Waals surface area contributed by atoms with Gasteiger partial charge in [-0.3, -0.25) is 0 Å². The van der Waals surface area contributed by atoms with Gasteiger partial charge in [0.25, 0.3) is 0 Å².